The van der Waals surface area contributed by atoms with E-state index in [9.17, 15) is 18.4 Å². The zero-order valence-electron chi connectivity index (χ0n) is 6.25. The molecule has 68 valence electrons. The molecule has 0 bridgehead atoms. The first-order valence-electron chi connectivity index (χ1n) is 3.04. The SMILES string of the molecule is CC(F)(F)CC(N=C=O)C(=O)O. The number of hydrogen-bond donors (Lipinski definition) is 1. The topological polar surface area (TPSA) is 66.7 Å². The lowest BCUT2D eigenvalue weighted by molar-refractivity contribution is -0.140. The van der Waals surface area contributed by atoms with Crippen molar-refractivity contribution in [2.24, 2.45) is 4.99 Å². The third kappa shape index (κ3) is 4.51. The van der Waals surface area contributed by atoms with Crippen LogP contribution in [0.4, 0.5) is 8.78 Å². The molecule has 0 aliphatic carbocycles. The Morgan fingerprint density at radius 2 is 2.25 bits per heavy atom. The monoisotopic (exact) mass is 179 g/mol. The van der Waals surface area contributed by atoms with Crippen molar-refractivity contribution >= 4 is 12.0 Å². The van der Waals surface area contributed by atoms with Gasteiger partial charge in [0.05, 0.1) is 0 Å². The van der Waals surface area contributed by atoms with Crippen LogP contribution in [-0.4, -0.2) is 29.1 Å². The quantitative estimate of drug-likeness (QED) is 0.513. The third-order valence-corrected chi connectivity index (χ3v) is 1.05. The Hall–Kier alpha value is -1.29. The Morgan fingerprint density at radius 3 is 2.50 bits per heavy atom. The normalized spacial score (nSPS) is 13.2. The fourth-order valence-corrected chi connectivity index (χ4v) is 0.591. The van der Waals surface area contributed by atoms with E-state index in [1.807, 2.05) is 0 Å². The number of carbonyl (C=O) groups excluding carboxylic acids is 1. The first-order valence-corrected chi connectivity index (χ1v) is 3.04. The first kappa shape index (κ1) is 10.7. The Morgan fingerprint density at radius 1 is 1.75 bits per heavy atom. The van der Waals surface area contributed by atoms with Crippen LogP contribution in [0.2, 0.25) is 0 Å². The van der Waals surface area contributed by atoms with Gasteiger partial charge in [0.2, 0.25) is 12.0 Å². The van der Waals surface area contributed by atoms with E-state index in [2.05, 4.69) is 4.99 Å². The van der Waals surface area contributed by atoms with Gasteiger partial charge in [-0.15, -0.1) is 0 Å². The van der Waals surface area contributed by atoms with Crippen LogP contribution in [0.1, 0.15) is 13.3 Å². The molecular weight excluding hydrogens is 172 g/mol. The van der Waals surface area contributed by atoms with Gasteiger partial charge in [-0.3, -0.25) is 0 Å². The molecule has 1 N–H and O–H groups in total. The van der Waals surface area contributed by atoms with E-state index in [0.717, 1.165) is 6.08 Å². The molecule has 0 amide bonds. The van der Waals surface area contributed by atoms with Gasteiger partial charge in [-0.2, -0.15) is 4.99 Å². The zero-order chi connectivity index (χ0) is 9.78. The van der Waals surface area contributed by atoms with Gasteiger partial charge in [-0.05, 0) is 6.92 Å². The van der Waals surface area contributed by atoms with Gasteiger partial charge in [0.1, 0.15) is 0 Å². The number of rotatable bonds is 4. The lowest BCUT2D eigenvalue weighted by atomic mass is 10.1. The second-order valence-corrected chi connectivity index (χ2v) is 2.35. The molecule has 0 heterocycles. The summed E-state index contributed by atoms with van der Waals surface area (Å²) in [6.45, 7) is 0.559. The average molecular weight is 179 g/mol. The number of carboxylic acid groups (broad SMARTS) is 1. The van der Waals surface area contributed by atoms with Crippen molar-refractivity contribution < 1.29 is 23.5 Å². The van der Waals surface area contributed by atoms with Crippen LogP contribution in [0.15, 0.2) is 4.99 Å². The van der Waals surface area contributed by atoms with Crippen molar-refractivity contribution in [1.29, 1.82) is 0 Å². The molecule has 0 aliphatic rings. The Labute approximate surface area is 66.9 Å². The molecule has 0 radical (unpaired) electrons. The Bertz CT molecular complexity index is 215. The highest BCUT2D eigenvalue weighted by Crippen LogP contribution is 2.20. The number of halogens is 2. The Kier molecular flexibility index (Phi) is 3.50. The van der Waals surface area contributed by atoms with Gasteiger partial charge < -0.3 is 5.11 Å². The summed E-state index contributed by atoms with van der Waals surface area (Å²) in [7, 11) is 0. The first-order chi connectivity index (χ1) is 5.37. The van der Waals surface area contributed by atoms with Crippen LogP contribution >= 0.6 is 0 Å². The third-order valence-electron chi connectivity index (χ3n) is 1.05. The van der Waals surface area contributed by atoms with E-state index in [1.165, 1.54) is 0 Å². The fraction of sp³-hybridized carbons (Fsp3) is 0.667. The number of carbonyl (C=O) groups is 1. The van der Waals surface area contributed by atoms with Gasteiger partial charge in [-0.1, -0.05) is 0 Å². The minimum atomic E-state index is -3.15. The molecule has 1 atom stereocenters. The van der Waals surface area contributed by atoms with Crippen molar-refractivity contribution in [2.75, 3.05) is 0 Å². The molecule has 0 aliphatic heterocycles. The minimum Gasteiger partial charge on any atom is -0.480 e. The van der Waals surface area contributed by atoms with E-state index in [1.54, 1.807) is 0 Å². The van der Waals surface area contributed by atoms with Crippen molar-refractivity contribution in [2.45, 2.75) is 25.3 Å². The second kappa shape index (κ2) is 3.92. The summed E-state index contributed by atoms with van der Waals surface area (Å²) in [6, 6.07) is -1.71. The largest absolute Gasteiger partial charge is 0.480 e. The maximum absolute atomic E-state index is 12.2. The number of alkyl halides is 2. The van der Waals surface area contributed by atoms with Crippen LogP contribution in [0.5, 0.6) is 0 Å². The molecule has 6 heteroatoms. The Balaban J connectivity index is 4.34. The highest BCUT2D eigenvalue weighted by atomic mass is 19.3. The number of aliphatic imine (C=N–C) groups is 1. The lowest BCUT2D eigenvalue weighted by Gasteiger charge is -2.11. The molecular formula is C6H7F2NO3. The predicted octanol–water partition coefficient (Wildman–Crippen LogP) is 0.821. The summed E-state index contributed by atoms with van der Waals surface area (Å²) in [5.41, 5.74) is 0. The molecule has 0 rings (SSSR count). The summed E-state index contributed by atoms with van der Waals surface area (Å²) in [6.07, 6.45) is -0.0560. The van der Waals surface area contributed by atoms with E-state index in [4.69, 9.17) is 5.11 Å². The molecule has 0 saturated carbocycles. The summed E-state index contributed by atoms with van der Waals surface area (Å²) in [5, 5.41) is 8.26. The molecule has 4 nitrogen and oxygen atoms in total. The number of aliphatic carboxylic acids is 1. The number of nitrogens with zero attached hydrogens (tertiary/aromatic N) is 1. The van der Waals surface area contributed by atoms with Crippen molar-refractivity contribution in [3.05, 3.63) is 0 Å². The van der Waals surface area contributed by atoms with E-state index in [-0.39, 0.29) is 0 Å². The minimum absolute atomic E-state index is 0.559. The predicted molar refractivity (Wildman–Crippen MR) is 34.8 cm³/mol. The number of hydrogen-bond acceptors (Lipinski definition) is 3. The van der Waals surface area contributed by atoms with Crippen LogP contribution in [-0.2, 0) is 9.59 Å². The molecule has 0 aromatic carbocycles. The molecule has 0 saturated heterocycles. The van der Waals surface area contributed by atoms with Gasteiger partial charge in [-0.25, -0.2) is 18.4 Å². The zero-order valence-corrected chi connectivity index (χ0v) is 6.25. The molecule has 0 aromatic rings. The van der Waals surface area contributed by atoms with E-state index >= 15 is 0 Å². The standard InChI is InChI=1S/C6H7F2NO3/c1-6(7,8)2-4(5(11)12)9-3-10/h4H,2H2,1H3,(H,11,12). The highest BCUT2D eigenvalue weighted by molar-refractivity contribution is 5.74. The molecule has 0 spiro atoms. The number of carboxylic acids is 1. The maximum Gasteiger partial charge on any atom is 0.329 e. The van der Waals surface area contributed by atoms with E-state index in [0.29, 0.717) is 6.92 Å². The molecule has 0 aromatic heterocycles. The summed E-state index contributed by atoms with van der Waals surface area (Å²) >= 11 is 0. The van der Waals surface area contributed by atoms with Crippen LogP contribution in [0.25, 0.3) is 0 Å². The molecule has 0 fully saturated rings. The molecule has 12 heavy (non-hydrogen) atoms. The second-order valence-electron chi connectivity index (χ2n) is 2.35. The average Bonchev–Trinajstić information content (AvgIpc) is 1.83. The summed E-state index contributed by atoms with van der Waals surface area (Å²) in [4.78, 5) is 22.5. The van der Waals surface area contributed by atoms with Gasteiger partial charge in [0.15, 0.2) is 6.04 Å². The van der Waals surface area contributed by atoms with Crippen molar-refractivity contribution in [3.63, 3.8) is 0 Å². The number of isocyanates is 1. The fourth-order valence-electron chi connectivity index (χ4n) is 0.591. The van der Waals surface area contributed by atoms with E-state index < -0.39 is 24.4 Å². The summed E-state index contributed by atoms with van der Waals surface area (Å²) in [5.74, 6) is -4.71. The van der Waals surface area contributed by atoms with Gasteiger partial charge in [0.25, 0.3) is 0 Å². The highest BCUT2D eigenvalue weighted by Gasteiger charge is 2.30. The lowest BCUT2D eigenvalue weighted by Crippen LogP contribution is -2.26. The smallest absolute Gasteiger partial charge is 0.329 e. The van der Waals surface area contributed by atoms with Crippen molar-refractivity contribution in [3.8, 4) is 0 Å². The van der Waals surface area contributed by atoms with Gasteiger partial charge >= 0.3 is 5.97 Å². The van der Waals surface area contributed by atoms with Gasteiger partial charge in [0, 0.05) is 6.42 Å². The summed E-state index contributed by atoms with van der Waals surface area (Å²) < 4.78 is 24.4. The van der Waals surface area contributed by atoms with Crippen LogP contribution < -0.4 is 0 Å². The van der Waals surface area contributed by atoms with Crippen LogP contribution in [0, 0.1) is 0 Å². The van der Waals surface area contributed by atoms with Crippen LogP contribution in [0.3, 0.4) is 0 Å². The maximum atomic E-state index is 12.2. The van der Waals surface area contributed by atoms with Crippen molar-refractivity contribution in [1.82, 2.24) is 0 Å². The molecule has 1 unspecified atom stereocenters.